The van der Waals surface area contributed by atoms with Gasteiger partial charge in [0.2, 0.25) is 0 Å². The van der Waals surface area contributed by atoms with Crippen LogP contribution in [0.1, 0.15) is 23.2 Å². The lowest BCUT2D eigenvalue weighted by Crippen LogP contribution is -2.18. The van der Waals surface area contributed by atoms with Gasteiger partial charge in [-0.3, -0.25) is 4.79 Å². The molecule has 0 saturated carbocycles. The predicted molar refractivity (Wildman–Crippen MR) is 88.8 cm³/mol. The van der Waals surface area contributed by atoms with Crippen LogP contribution in [0.5, 0.6) is 5.75 Å². The molecule has 1 saturated heterocycles. The third-order valence-electron chi connectivity index (χ3n) is 4.08. The SMILES string of the molecule is COc1ccc(N2CCCC2)cc1NC(=O)c1ccc(F)c(F)c1. The molecule has 1 aliphatic rings. The van der Waals surface area contributed by atoms with Crippen LogP contribution in [0.2, 0.25) is 0 Å². The highest BCUT2D eigenvalue weighted by Gasteiger charge is 2.16. The first-order valence-electron chi connectivity index (χ1n) is 7.78. The van der Waals surface area contributed by atoms with Crippen LogP contribution in [0.4, 0.5) is 20.2 Å². The number of methoxy groups -OCH3 is 1. The smallest absolute Gasteiger partial charge is 0.255 e. The Labute approximate surface area is 139 Å². The number of benzene rings is 2. The second-order valence-corrected chi connectivity index (χ2v) is 5.66. The fraction of sp³-hybridized carbons (Fsp3) is 0.278. The maximum absolute atomic E-state index is 13.3. The highest BCUT2D eigenvalue weighted by Crippen LogP contribution is 2.31. The summed E-state index contributed by atoms with van der Waals surface area (Å²) >= 11 is 0. The maximum atomic E-state index is 13.3. The lowest BCUT2D eigenvalue weighted by molar-refractivity contribution is 0.102. The van der Waals surface area contributed by atoms with E-state index in [-0.39, 0.29) is 5.56 Å². The molecule has 0 unspecified atom stereocenters. The number of nitrogens with zero attached hydrogens (tertiary/aromatic N) is 1. The first kappa shape index (κ1) is 16.2. The van der Waals surface area contributed by atoms with E-state index in [2.05, 4.69) is 10.2 Å². The van der Waals surface area contributed by atoms with E-state index in [1.54, 1.807) is 6.07 Å². The molecule has 2 aromatic rings. The molecule has 0 aromatic heterocycles. The number of nitrogens with one attached hydrogen (secondary N) is 1. The molecule has 1 fully saturated rings. The number of rotatable bonds is 4. The van der Waals surface area contributed by atoms with Crippen LogP contribution in [0.25, 0.3) is 0 Å². The average Bonchev–Trinajstić information content (AvgIpc) is 3.11. The minimum atomic E-state index is -1.06. The van der Waals surface area contributed by atoms with Crippen molar-refractivity contribution in [3.63, 3.8) is 0 Å². The fourth-order valence-corrected chi connectivity index (χ4v) is 2.80. The summed E-state index contributed by atoms with van der Waals surface area (Å²) in [7, 11) is 1.51. The van der Waals surface area contributed by atoms with E-state index >= 15 is 0 Å². The Hall–Kier alpha value is -2.63. The number of carbonyl (C=O) groups is 1. The molecular formula is C18H18F2N2O2. The van der Waals surface area contributed by atoms with E-state index in [4.69, 9.17) is 4.74 Å². The average molecular weight is 332 g/mol. The Kier molecular flexibility index (Phi) is 4.64. The van der Waals surface area contributed by atoms with Crippen LogP contribution < -0.4 is 15.0 Å². The van der Waals surface area contributed by atoms with Gasteiger partial charge in [0, 0.05) is 24.3 Å². The number of halogens is 2. The lowest BCUT2D eigenvalue weighted by atomic mass is 10.2. The van der Waals surface area contributed by atoms with Gasteiger partial charge in [-0.05, 0) is 49.2 Å². The summed E-state index contributed by atoms with van der Waals surface area (Å²) in [5.41, 5.74) is 1.54. The molecule has 126 valence electrons. The molecule has 4 nitrogen and oxygen atoms in total. The Balaban J connectivity index is 1.85. The van der Waals surface area contributed by atoms with Crippen molar-refractivity contribution in [3.05, 3.63) is 53.6 Å². The molecule has 0 aliphatic carbocycles. The highest BCUT2D eigenvalue weighted by molar-refractivity contribution is 6.05. The van der Waals surface area contributed by atoms with E-state index in [0.29, 0.717) is 11.4 Å². The molecule has 2 aromatic carbocycles. The molecule has 1 aliphatic heterocycles. The molecular weight excluding hydrogens is 314 g/mol. The topological polar surface area (TPSA) is 41.6 Å². The Morgan fingerprint density at radius 2 is 1.83 bits per heavy atom. The molecule has 6 heteroatoms. The summed E-state index contributed by atoms with van der Waals surface area (Å²) in [5.74, 6) is -2.06. The van der Waals surface area contributed by atoms with Crippen molar-refractivity contribution in [1.29, 1.82) is 0 Å². The van der Waals surface area contributed by atoms with Crippen molar-refractivity contribution in [2.24, 2.45) is 0 Å². The number of anilines is 2. The van der Waals surface area contributed by atoms with Gasteiger partial charge in [-0.15, -0.1) is 0 Å². The van der Waals surface area contributed by atoms with Crippen molar-refractivity contribution < 1.29 is 18.3 Å². The fourth-order valence-electron chi connectivity index (χ4n) is 2.80. The number of ether oxygens (including phenoxy) is 1. The van der Waals surface area contributed by atoms with Gasteiger partial charge >= 0.3 is 0 Å². The summed E-state index contributed by atoms with van der Waals surface area (Å²) in [6.45, 7) is 1.95. The minimum Gasteiger partial charge on any atom is -0.495 e. The van der Waals surface area contributed by atoms with Gasteiger partial charge in [-0.2, -0.15) is 0 Å². The van der Waals surface area contributed by atoms with Crippen LogP contribution in [-0.4, -0.2) is 26.1 Å². The molecule has 1 N–H and O–H groups in total. The van der Waals surface area contributed by atoms with Crippen LogP contribution >= 0.6 is 0 Å². The Bertz CT molecular complexity index is 759. The minimum absolute atomic E-state index is 0.0440. The number of amides is 1. The van der Waals surface area contributed by atoms with E-state index in [0.717, 1.165) is 43.8 Å². The highest BCUT2D eigenvalue weighted by atomic mass is 19.2. The van der Waals surface area contributed by atoms with Gasteiger partial charge in [-0.25, -0.2) is 8.78 Å². The second kappa shape index (κ2) is 6.86. The first-order valence-corrected chi connectivity index (χ1v) is 7.78. The van der Waals surface area contributed by atoms with Crippen LogP contribution in [0.15, 0.2) is 36.4 Å². The van der Waals surface area contributed by atoms with E-state index in [1.165, 1.54) is 13.2 Å². The largest absolute Gasteiger partial charge is 0.495 e. The predicted octanol–water partition coefficient (Wildman–Crippen LogP) is 3.83. The summed E-state index contributed by atoms with van der Waals surface area (Å²) < 4.78 is 31.6. The third-order valence-corrected chi connectivity index (χ3v) is 4.08. The molecule has 0 bridgehead atoms. The van der Waals surface area contributed by atoms with Gasteiger partial charge in [0.1, 0.15) is 5.75 Å². The zero-order chi connectivity index (χ0) is 17.1. The monoisotopic (exact) mass is 332 g/mol. The molecule has 3 rings (SSSR count). The van der Waals surface area contributed by atoms with E-state index in [1.807, 2.05) is 12.1 Å². The maximum Gasteiger partial charge on any atom is 0.255 e. The van der Waals surface area contributed by atoms with Gasteiger partial charge < -0.3 is 15.0 Å². The van der Waals surface area contributed by atoms with Crippen molar-refractivity contribution in [2.75, 3.05) is 30.4 Å². The Morgan fingerprint density at radius 1 is 1.08 bits per heavy atom. The molecule has 0 radical (unpaired) electrons. The number of hydrogen-bond donors (Lipinski definition) is 1. The Morgan fingerprint density at radius 3 is 2.50 bits per heavy atom. The molecule has 1 amide bonds. The lowest BCUT2D eigenvalue weighted by Gasteiger charge is -2.20. The molecule has 0 spiro atoms. The van der Waals surface area contributed by atoms with Crippen LogP contribution in [-0.2, 0) is 0 Å². The van der Waals surface area contributed by atoms with Gasteiger partial charge in [0.15, 0.2) is 11.6 Å². The zero-order valence-corrected chi connectivity index (χ0v) is 13.3. The number of carbonyl (C=O) groups excluding carboxylic acids is 1. The van der Waals surface area contributed by atoms with Gasteiger partial charge in [0.05, 0.1) is 12.8 Å². The van der Waals surface area contributed by atoms with Crippen LogP contribution in [0, 0.1) is 11.6 Å². The standard InChI is InChI=1S/C18H18F2N2O2/c1-24-17-7-5-13(22-8-2-3-9-22)11-16(17)21-18(23)12-4-6-14(19)15(20)10-12/h4-7,10-11H,2-3,8-9H2,1H3,(H,21,23). The van der Waals surface area contributed by atoms with E-state index < -0.39 is 17.5 Å². The number of hydrogen-bond acceptors (Lipinski definition) is 3. The molecule has 0 atom stereocenters. The first-order chi connectivity index (χ1) is 11.6. The second-order valence-electron chi connectivity index (χ2n) is 5.66. The van der Waals surface area contributed by atoms with Crippen molar-refractivity contribution in [1.82, 2.24) is 0 Å². The van der Waals surface area contributed by atoms with Crippen molar-refractivity contribution in [2.45, 2.75) is 12.8 Å². The summed E-state index contributed by atoms with van der Waals surface area (Å²) in [6.07, 6.45) is 2.28. The van der Waals surface area contributed by atoms with E-state index in [9.17, 15) is 13.6 Å². The summed E-state index contributed by atoms with van der Waals surface area (Å²) in [4.78, 5) is 14.5. The third kappa shape index (κ3) is 3.32. The summed E-state index contributed by atoms with van der Waals surface area (Å²) in [6, 6.07) is 8.61. The molecule has 1 heterocycles. The molecule has 24 heavy (non-hydrogen) atoms. The van der Waals surface area contributed by atoms with Crippen LogP contribution in [0.3, 0.4) is 0 Å². The quantitative estimate of drug-likeness (QED) is 0.925. The van der Waals surface area contributed by atoms with Crippen molar-refractivity contribution in [3.8, 4) is 5.75 Å². The zero-order valence-electron chi connectivity index (χ0n) is 13.3. The summed E-state index contributed by atoms with van der Waals surface area (Å²) in [5, 5.41) is 2.71. The van der Waals surface area contributed by atoms with Gasteiger partial charge in [0.25, 0.3) is 5.91 Å². The normalized spacial score (nSPS) is 13.9. The van der Waals surface area contributed by atoms with Crippen molar-refractivity contribution >= 4 is 17.3 Å². The van der Waals surface area contributed by atoms with Gasteiger partial charge in [-0.1, -0.05) is 0 Å².